The molecule has 0 bridgehead atoms. The van der Waals surface area contributed by atoms with E-state index in [9.17, 15) is 25.0 Å². The van der Waals surface area contributed by atoms with E-state index in [0.29, 0.717) is 5.75 Å². The van der Waals surface area contributed by atoms with Crippen LogP contribution in [0.2, 0.25) is 0 Å². The third kappa shape index (κ3) is 6.16. The normalized spacial score (nSPS) is 12.0. The second-order valence-electron chi connectivity index (χ2n) is 7.03. The van der Waals surface area contributed by atoms with Crippen LogP contribution < -0.4 is 9.47 Å². The Morgan fingerprint density at radius 2 is 1.55 bits per heavy atom. The van der Waals surface area contributed by atoms with Crippen LogP contribution in [0.1, 0.15) is 27.7 Å². The fourth-order valence-corrected chi connectivity index (χ4v) is 2.20. The Balaban J connectivity index is 2.10. The predicted octanol–water partition coefficient (Wildman–Crippen LogP) is 4.40. The van der Waals surface area contributed by atoms with Crippen LogP contribution in [0, 0.1) is 20.2 Å². The molecule has 0 unspecified atom stereocenters. The highest BCUT2D eigenvalue weighted by atomic mass is 16.6. The number of rotatable bonds is 7. The van der Waals surface area contributed by atoms with Crippen molar-refractivity contribution in [2.75, 3.05) is 0 Å². The molecule has 0 aromatic heterocycles. The SMILES string of the molecule is C[C@@H](Oc1ccc(Oc2ccc([N+](=O)[O-])cc2[N+](=O)[O-])cc1)C(=O)OC(C)(C)C. The summed E-state index contributed by atoms with van der Waals surface area (Å²) in [6.45, 7) is 6.81. The van der Waals surface area contributed by atoms with Gasteiger partial charge in [0.1, 0.15) is 17.1 Å². The zero-order valence-corrected chi connectivity index (χ0v) is 16.3. The average molecular weight is 404 g/mol. The number of esters is 1. The number of benzene rings is 2. The molecule has 0 N–H and O–H groups in total. The number of carbonyl (C=O) groups is 1. The highest BCUT2D eigenvalue weighted by Crippen LogP contribution is 2.34. The van der Waals surface area contributed by atoms with Gasteiger partial charge in [-0.3, -0.25) is 20.2 Å². The average Bonchev–Trinajstić information content (AvgIpc) is 2.61. The number of nitro benzene ring substituents is 2. The van der Waals surface area contributed by atoms with Gasteiger partial charge >= 0.3 is 11.7 Å². The second-order valence-corrected chi connectivity index (χ2v) is 7.03. The van der Waals surface area contributed by atoms with Crippen molar-refractivity contribution in [1.29, 1.82) is 0 Å². The molecule has 29 heavy (non-hydrogen) atoms. The van der Waals surface area contributed by atoms with Crippen LogP contribution >= 0.6 is 0 Å². The molecule has 0 aliphatic rings. The maximum atomic E-state index is 12.0. The molecule has 0 heterocycles. The zero-order valence-electron chi connectivity index (χ0n) is 16.3. The topological polar surface area (TPSA) is 131 Å². The Hall–Kier alpha value is -3.69. The van der Waals surface area contributed by atoms with Gasteiger partial charge in [0.05, 0.1) is 15.9 Å². The predicted molar refractivity (Wildman–Crippen MR) is 102 cm³/mol. The molecule has 0 spiro atoms. The van der Waals surface area contributed by atoms with Crippen LogP contribution in [0.4, 0.5) is 11.4 Å². The molecule has 1 atom stereocenters. The maximum absolute atomic E-state index is 12.0. The highest BCUT2D eigenvalue weighted by Gasteiger charge is 2.23. The van der Waals surface area contributed by atoms with Crippen molar-refractivity contribution < 1.29 is 28.9 Å². The van der Waals surface area contributed by atoms with Gasteiger partial charge in [-0.1, -0.05) is 0 Å². The van der Waals surface area contributed by atoms with Crippen LogP contribution in [0.3, 0.4) is 0 Å². The molecular formula is C19H20N2O8. The minimum atomic E-state index is -0.836. The first-order chi connectivity index (χ1) is 13.5. The summed E-state index contributed by atoms with van der Waals surface area (Å²) in [6.07, 6.45) is -0.836. The molecule has 2 aromatic rings. The van der Waals surface area contributed by atoms with E-state index in [0.717, 1.165) is 18.2 Å². The van der Waals surface area contributed by atoms with Gasteiger partial charge in [-0.2, -0.15) is 0 Å². The monoisotopic (exact) mass is 404 g/mol. The fourth-order valence-electron chi connectivity index (χ4n) is 2.20. The van der Waals surface area contributed by atoms with Crippen molar-refractivity contribution in [1.82, 2.24) is 0 Å². The third-order valence-corrected chi connectivity index (χ3v) is 3.45. The van der Waals surface area contributed by atoms with Crippen LogP contribution in [0.25, 0.3) is 0 Å². The van der Waals surface area contributed by atoms with Gasteiger partial charge in [0.15, 0.2) is 6.10 Å². The Labute approximate surface area is 166 Å². The van der Waals surface area contributed by atoms with Gasteiger partial charge in [-0.05, 0) is 58.0 Å². The van der Waals surface area contributed by atoms with Crippen LogP contribution in [-0.2, 0) is 9.53 Å². The molecule has 0 fully saturated rings. The number of nitro groups is 2. The van der Waals surface area contributed by atoms with Crippen molar-refractivity contribution in [2.24, 2.45) is 0 Å². The number of hydrogen-bond donors (Lipinski definition) is 0. The summed E-state index contributed by atoms with van der Waals surface area (Å²) in [4.78, 5) is 32.4. The number of hydrogen-bond acceptors (Lipinski definition) is 8. The zero-order chi connectivity index (χ0) is 21.8. The summed E-state index contributed by atoms with van der Waals surface area (Å²) in [5.74, 6) is -0.0381. The van der Waals surface area contributed by atoms with Crippen molar-refractivity contribution in [2.45, 2.75) is 39.4 Å². The first-order valence-corrected chi connectivity index (χ1v) is 8.56. The van der Waals surface area contributed by atoms with Crippen LogP contribution in [0.5, 0.6) is 17.2 Å². The molecule has 10 nitrogen and oxygen atoms in total. The molecule has 0 aliphatic carbocycles. The largest absolute Gasteiger partial charge is 0.479 e. The lowest BCUT2D eigenvalue weighted by molar-refractivity contribution is -0.394. The van der Waals surface area contributed by atoms with E-state index in [-0.39, 0.29) is 11.5 Å². The first kappa shape index (κ1) is 21.6. The number of non-ortho nitro benzene ring substituents is 1. The summed E-state index contributed by atoms with van der Waals surface area (Å²) in [6, 6.07) is 9.12. The smallest absolute Gasteiger partial charge is 0.347 e. The van der Waals surface area contributed by atoms with Gasteiger partial charge < -0.3 is 14.2 Å². The number of nitrogens with zero attached hydrogens (tertiary/aromatic N) is 2. The molecule has 0 saturated heterocycles. The molecule has 2 aromatic carbocycles. The van der Waals surface area contributed by atoms with E-state index in [2.05, 4.69) is 0 Å². The molecule has 154 valence electrons. The Kier molecular flexibility index (Phi) is 6.37. The van der Waals surface area contributed by atoms with E-state index < -0.39 is 38.9 Å². The lowest BCUT2D eigenvalue weighted by atomic mass is 10.2. The van der Waals surface area contributed by atoms with Gasteiger partial charge in [-0.15, -0.1) is 0 Å². The lowest BCUT2D eigenvalue weighted by Gasteiger charge is -2.22. The minimum absolute atomic E-state index is 0.142. The van der Waals surface area contributed by atoms with E-state index in [1.807, 2.05) is 0 Å². The van der Waals surface area contributed by atoms with Gasteiger partial charge in [0.25, 0.3) is 5.69 Å². The summed E-state index contributed by atoms with van der Waals surface area (Å²) >= 11 is 0. The minimum Gasteiger partial charge on any atom is -0.479 e. The molecule has 0 radical (unpaired) electrons. The number of carbonyl (C=O) groups excluding carboxylic acids is 1. The van der Waals surface area contributed by atoms with E-state index in [1.165, 1.54) is 24.3 Å². The van der Waals surface area contributed by atoms with Crippen molar-refractivity contribution >= 4 is 17.3 Å². The Bertz CT molecular complexity index is 919. The summed E-state index contributed by atoms with van der Waals surface area (Å²) in [5, 5.41) is 22.0. The van der Waals surface area contributed by atoms with E-state index >= 15 is 0 Å². The second kappa shape index (κ2) is 8.55. The highest BCUT2D eigenvalue weighted by molar-refractivity contribution is 5.75. The lowest BCUT2D eigenvalue weighted by Crippen LogP contribution is -2.33. The van der Waals surface area contributed by atoms with Crippen LogP contribution in [0.15, 0.2) is 42.5 Å². The first-order valence-electron chi connectivity index (χ1n) is 8.56. The third-order valence-electron chi connectivity index (χ3n) is 3.45. The molecule has 0 aliphatic heterocycles. The summed E-state index contributed by atoms with van der Waals surface area (Å²) in [7, 11) is 0. The molecule has 0 amide bonds. The van der Waals surface area contributed by atoms with Crippen molar-refractivity contribution in [3.8, 4) is 17.2 Å². The maximum Gasteiger partial charge on any atom is 0.347 e. The van der Waals surface area contributed by atoms with Crippen LogP contribution in [-0.4, -0.2) is 27.5 Å². The molecule has 2 rings (SSSR count). The summed E-state index contributed by atoms with van der Waals surface area (Å²) in [5.41, 5.74) is -1.58. The van der Waals surface area contributed by atoms with Gasteiger partial charge in [-0.25, -0.2) is 4.79 Å². The molecule has 10 heteroatoms. The quantitative estimate of drug-likeness (QED) is 0.377. The van der Waals surface area contributed by atoms with Crippen molar-refractivity contribution in [3.05, 3.63) is 62.7 Å². The fraction of sp³-hybridized carbons (Fsp3) is 0.316. The Morgan fingerprint density at radius 3 is 2.07 bits per heavy atom. The van der Waals surface area contributed by atoms with Crippen molar-refractivity contribution in [3.63, 3.8) is 0 Å². The standard InChI is InChI=1S/C19H20N2O8/c1-12(18(22)29-19(2,3)4)27-14-6-8-15(9-7-14)28-17-10-5-13(20(23)24)11-16(17)21(25)26/h5-12H,1-4H3/t12-/m1/s1. The molecule has 0 saturated carbocycles. The van der Waals surface area contributed by atoms with E-state index in [4.69, 9.17) is 14.2 Å². The molecular weight excluding hydrogens is 384 g/mol. The van der Waals surface area contributed by atoms with Gasteiger partial charge in [0.2, 0.25) is 5.75 Å². The van der Waals surface area contributed by atoms with E-state index in [1.54, 1.807) is 27.7 Å². The van der Waals surface area contributed by atoms with Gasteiger partial charge in [0, 0.05) is 6.07 Å². The Morgan fingerprint density at radius 1 is 0.966 bits per heavy atom. The summed E-state index contributed by atoms with van der Waals surface area (Å²) < 4.78 is 16.2. The number of ether oxygens (including phenoxy) is 3.